The number of halogens is 3. The maximum atomic E-state index is 12.2. The van der Waals surface area contributed by atoms with E-state index in [4.69, 9.17) is 10.5 Å². The second-order valence-electron chi connectivity index (χ2n) is 2.26. The van der Waals surface area contributed by atoms with Crippen LogP contribution in [0.15, 0.2) is 10.5 Å². The lowest BCUT2D eigenvalue weighted by Crippen LogP contribution is -1.99. The highest BCUT2D eigenvalue weighted by molar-refractivity contribution is 9.10. The number of methoxy groups -OCH3 is 1. The molecule has 0 aliphatic carbocycles. The first-order valence-corrected chi connectivity index (χ1v) is 4.13. The van der Waals surface area contributed by atoms with Gasteiger partial charge in [0, 0.05) is 0 Å². The van der Waals surface area contributed by atoms with Gasteiger partial charge in [-0.25, -0.2) is 13.8 Å². The zero-order valence-electron chi connectivity index (χ0n) is 6.72. The molecule has 0 unspecified atom stereocenters. The summed E-state index contributed by atoms with van der Waals surface area (Å²) in [7, 11) is 1.34. The van der Waals surface area contributed by atoms with Gasteiger partial charge in [-0.1, -0.05) is 0 Å². The Morgan fingerprint density at radius 3 is 2.69 bits per heavy atom. The van der Waals surface area contributed by atoms with Crippen LogP contribution in [0.1, 0.15) is 12.1 Å². The van der Waals surface area contributed by atoms with Gasteiger partial charge in [-0.3, -0.25) is 0 Å². The van der Waals surface area contributed by atoms with Crippen molar-refractivity contribution >= 4 is 21.6 Å². The van der Waals surface area contributed by atoms with Crippen molar-refractivity contribution in [3.63, 3.8) is 0 Å². The maximum absolute atomic E-state index is 12.2. The second kappa shape index (κ2) is 3.87. The fourth-order valence-electron chi connectivity index (χ4n) is 0.792. The van der Waals surface area contributed by atoms with Gasteiger partial charge in [0.1, 0.15) is 10.2 Å². The molecular weight excluding hydrogens is 246 g/mol. The summed E-state index contributed by atoms with van der Waals surface area (Å²) in [5.74, 6) is 0.0651. The number of rotatable bonds is 2. The van der Waals surface area contributed by atoms with Gasteiger partial charge < -0.3 is 10.5 Å². The van der Waals surface area contributed by atoms with Crippen molar-refractivity contribution < 1.29 is 13.5 Å². The van der Waals surface area contributed by atoms with Crippen molar-refractivity contribution in [1.29, 1.82) is 0 Å². The van der Waals surface area contributed by atoms with Crippen molar-refractivity contribution in [3.05, 3.63) is 16.2 Å². The van der Waals surface area contributed by atoms with Gasteiger partial charge in [-0.2, -0.15) is 0 Å². The molecule has 6 heteroatoms. The average molecular weight is 253 g/mol. The van der Waals surface area contributed by atoms with E-state index in [-0.39, 0.29) is 11.6 Å². The Morgan fingerprint density at radius 1 is 1.62 bits per heavy atom. The molecule has 0 saturated carbocycles. The highest BCUT2D eigenvalue weighted by Gasteiger charge is 2.14. The number of aromatic nitrogens is 1. The second-order valence-corrected chi connectivity index (χ2v) is 3.05. The number of nitrogens with zero attached hydrogens (tertiary/aromatic N) is 1. The number of nitrogen functional groups attached to an aromatic ring is 1. The van der Waals surface area contributed by atoms with E-state index < -0.39 is 12.1 Å². The predicted molar refractivity (Wildman–Crippen MR) is 47.9 cm³/mol. The Morgan fingerprint density at radius 2 is 2.23 bits per heavy atom. The first kappa shape index (κ1) is 10.2. The normalized spacial score (nSPS) is 10.5. The summed E-state index contributed by atoms with van der Waals surface area (Å²) in [6.45, 7) is 0. The summed E-state index contributed by atoms with van der Waals surface area (Å²) in [5.41, 5.74) is 5.23. The van der Waals surface area contributed by atoms with Crippen molar-refractivity contribution in [2.24, 2.45) is 0 Å². The van der Waals surface area contributed by atoms with Crippen LogP contribution in [0.3, 0.4) is 0 Å². The largest absolute Gasteiger partial charge is 0.480 e. The van der Waals surface area contributed by atoms with E-state index in [1.165, 1.54) is 7.11 Å². The molecule has 1 aromatic heterocycles. The fourth-order valence-corrected chi connectivity index (χ4v) is 1.16. The van der Waals surface area contributed by atoms with Gasteiger partial charge in [0.25, 0.3) is 6.43 Å². The van der Waals surface area contributed by atoms with Gasteiger partial charge in [0.15, 0.2) is 0 Å². The van der Waals surface area contributed by atoms with Gasteiger partial charge in [-0.05, 0) is 22.0 Å². The van der Waals surface area contributed by atoms with Gasteiger partial charge in [-0.15, -0.1) is 0 Å². The van der Waals surface area contributed by atoms with E-state index in [9.17, 15) is 8.78 Å². The first-order valence-electron chi connectivity index (χ1n) is 3.34. The van der Waals surface area contributed by atoms with E-state index in [0.29, 0.717) is 4.47 Å². The Labute approximate surface area is 82.0 Å². The molecule has 0 atom stereocenters. The Bertz CT molecular complexity index is 320. The number of hydrogen-bond donors (Lipinski definition) is 1. The Kier molecular flexibility index (Phi) is 3.02. The number of hydrogen-bond acceptors (Lipinski definition) is 3. The molecule has 1 heterocycles. The van der Waals surface area contributed by atoms with Crippen molar-refractivity contribution in [2.75, 3.05) is 12.8 Å². The summed E-state index contributed by atoms with van der Waals surface area (Å²) in [6.07, 6.45) is -2.65. The van der Waals surface area contributed by atoms with Crippen LogP contribution in [0.25, 0.3) is 0 Å². The first-order chi connectivity index (χ1) is 6.06. The quantitative estimate of drug-likeness (QED) is 0.880. The number of alkyl halides is 2. The molecule has 72 valence electrons. The summed E-state index contributed by atoms with van der Waals surface area (Å²) in [6, 6.07) is 1.11. The standard InChI is InChI=1S/C7H7BrF2N2O/c1-13-7-5(8)3(11)2-4(12-7)6(9)10/h2,6H,1H3,(H2,11,12). The zero-order chi connectivity index (χ0) is 10.0. The number of pyridine rings is 1. The predicted octanol–water partition coefficient (Wildman–Crippen LogP) is 2.37. The molecule has 0 bridgehead atoms. The van der Waals surface area contributed by atoms with Crippen LogP contribution in [-0.2, 0) is 0 Å². The molecule has 0 aliphatic heterocycles. The highest BCUT2D eigenvalue weighted by atomic mass is 79.9. The fraction of sp³-hybridized carbons (Fsp3) is 0.286. The van der Waals surface area contributed by atoms with Crippen LogP contribution in [-0.4, -0.2) is 12.1 Å². The van der Waals surface area contributed by atoms with Gasteiger partial charge in [0.2, 0.25) is 5.88 Å². The van der Waals surface area contributed by atoms with E-state index in [2.05, 4.69) is 20.9 Å². The molecule has 0 fully saturated rings. The summed E-state index contributed by atoms with van der Waals surface area (Å²) in [5, 5.41) is 0. The van der Waals surface area contributed by atoms with E-state index in [1.54, 1.807) is 0 Å². The molecule has 0 spiro atoms. The molecule has 1 rings (SSSR count). The summed E-state index contributed by atoms with van der Waals surface area (Å²) in [4.78, 5) is 3.55. The lowest BCUT2D eigenvalue weighted by Gasteiger charge is -2.07. The van der Waals surface area contributed by atoms with Crippen molar-refractivity contribution in [1.82, 2.24) is 4.98 Å². The third-order valence-corrected chi connectivity index (χ3v) is 2.19. The minimum absolute atomic E-state index is 0.0651. The maximum Gasteiger partial charge on any atom is 0.280 e. The van der Waals surface area contributed by atoms with Gasteiger partial charge >= 0.3 is 0 Å². The third-order valence-electron chi connectivity index (χ3n) is 1.39. The highest BCUT2D eigenvalue weighted by Crippen LogP contribution is 2.31. The van der Waals surface area contributed by atoms with Crippen molar-refractivity contribution in [2.45, 2.75) is 6.43 Å². The van der Waals surface area contributed by atoms with Gasteiger partial charge in [0.05, 0.1) is 12.8 Å². The Hall–Kier alpha value is -0.910. The van der Waals surface area contributed by atoms with Crippen LogP contribution in [0.2, 0.25) is 0 Å². The lowest BCUT2D eigenvalue weighted by molar-refractivity contribution is 0.145. The lowest BCUT2D eigenvalue weighted by atomic mass is 10.3. The molecule has 0 aliphatic rings. The monoisotopic (exact) mass is 252 g/mol. The molecule has 0 radical (unpaired) electrons. The summed E-state index contributed by atoms with van der Waals surface area (Å²) >= 11 is 3.07. The van der Waals surface area contributed by atoms with Crippen LogP contribution < -0.4 is 10.5 Å². The zero-order valence-corrected chi connectivity index (χ0v) is 8.31. The SMILES string of the molecule is COc1nc(C(F)F)cc(N)c1Br. The minimum Gasteiger partial charge on any atom is -0.480 e. The molecule has 0 amide bonds. The minimum atomic E-state index is -2.65. The smallest absolute Gasteiger partial charge is 0.280 e. The molecule has 3 nitrogen and oxygen atoms in total. The topological polar surface area (TPSA) is 48.1 Å². The number of anilines is 1. The van der Waals surface area contributed by atoms with E-state index in [1.807, 2.05) is 0 Å². The Balaban J connectivity index is 3.22. The average Bonchev–Trinajstić information content (AvgIpc) is 2.09. The summed E-state index contributed by atoms with van der Waals surface area (Å²) < 4.78 is 29.5. The molecule has 1 aromatic rings. The molecular formula is C7H7BrF2N2O. The molecule has 13 heavy (non-hydrogen) atoms. The van der Waals surface area contributed by atoms with E-state index >= 15 is 0 Å². The van der Waals surface area contributed by atoms with Crippen LogP contribution in [0.5, 0.6) is 5.88 Å². The van der Waals surface area contributed by atoms with Crippen LogP contribution in [0, 0.1) is 0 Å². The van der Waals surface area contributed by atoms with Crippen molar-refractivity contribution in [3.8, 4) is 5.88 Å². The molecule has 2 N–H and O–H groups in total. The van der Waals surface area contributed by atoms with Crippen LogP contribution in [0.4, 0.5) is 14.5 Å². The molecule has 0 aromatic carbocycles. The van der Waals surface area contributed by atoms with Crippen LogP contribution >= 0.6 is 15.9 Å². The number of nitrogens with two attached hydrogens (primary N) is 1. The number of ether oxygens (including phenoxy) is 1. The molecule has 0 saturated heterocycles. The van der Waals surface area contributed by atoms with E-state index in [0.717, 1.165) is 6.07 Å². The third kappa shape index (κ3) is 2.06.